The zero-order valence-corrected chi connectivity index (χ0v) is 11.0. The van der Waals surface area contributed by atoms with E-state index in [2.05, 4.69) is 58.9 Å². The molecule has 2 aromatic carbocycles. The van der Waals surface area contributed by atoms with E-state index in [0.29, 0.717) is 5.95 Å². The molecule has 19 heavy (non-hydrogen) atoms. The number of aromatic nitrogens is 2. The van der Waals surface area contributed by atoms with Gasteiger partial charge in [-0.15, -0.1) is 0 Å². The molecular weight excluding hydrogens is 234 g/mol. The van der Waals surface area contributed by atoms with Crippen LogP contribution in [0.25, 0.3) is 11.0 Å². The van der Waals surface area contributed by atoms with Crippen LogP contribution in [-0.2, 0) is 13.0 Å². The summed E-state index contributed by atoms with van der Waals surface area (Å²) >= 11 is 0. The van der Waals surface area contributed by atoms with Crippen LogP contribution in [0.5, 0.6) is 0 Å². The second-order valence-electron chi connectivity index (χ2n) is 4.80. The normalized spacial score (nSPS) is 11.0. The lowest BCUT2D eigenvalue weighted by atomic mass is 10.1. The smallest absolute Gasteiger partial charge is 0.201 e. The number of para-hydroxylation sites is 1. The second kappa shape index (κ2) is 4.76. The number of nitrogen functional groups attached to an aromatic ring is 1. The molecule has 0 bridgehead atoms. The van der Waals surface area contributed by atoms with Gasteiger partial charge in [-0.05, 0) is 30.5 Å². The maximum Gasteiger partial charge on any atom is 0.201 e. The average Bonchev–Trinajstić information content (AvgIpc) is 2.75. The molecule has 0 aliphatic heterocycles. The summed E-state index contributed by atoms with van der Waals surface area (Å²) in [6.07, 6.45) is 0.963. The molecule has 1 heterocycles. The van der Waals surface area contributed by atoms with Crippen LogP contribution in [0, 0.1) is 6.92 Å². The van der Waals surface area contributed by atoms with Crippen LogP contribution >= 0.6 is 0 Å². The Bertz CT molecular complexity index is 699. The van der Waals surface area contributed by atoms with Crippen molar-refractivity contribution in [3.63, 3.8) is 0 Å². The predicted octanol–water partition coefficient (Wildman–Crippen LogP) is 3.17. The van der Waals surface area contributed by atoms with Crippen molar-refractivity contribution in [3.8, 4) is 0 Å². The van der Waals surface area contributed by atoms with Crippen LogP contribution in [0.1, 0.15) is 11.1 Å². The molecule has 3 nitrogen and oxygen atoms in total. The lowest BCUT2D eigenvalue weighted by Gasteiger charge is -2.06. The molecule has 0 radical (unpaired) electrons. The Balaban J connectivity index is 1.93. The first-order valence-electron chi connectivity index (χ1n) is 6.51. The van der Waals surface area contributed by atoms with Crippen molar-refractivity contribution in [3.05, 3.63) is 59.7 Å². The van der Waals surface area contributed by atoms with Gasteiger partial charge < -0.3 is 10.3 Å². The van der Waals surface area contributed by atoms with Crippen LogP contribution in [-0.4, -0.2) is 9.55 Å². The number of benzene rings is 2. The van der Waals surface area contributed by atoms with Crippen molar-refractivity contribution < 1.29 is 0 Å². The first-order chi connectivity index (χ1) is 9.25. The van der Waals surface area contributed by atoms with Gasteiger partial charge in [0.15, 0.2) is 0 Å². The Labute approximate surface area is 112 Å². The molecule has 0 fully saturated rings. The quantitative estimate of drug-likeness (QED) is 0.777. The summed E-state index contributed by atoms with van der Waals surface area (Å²) < 4.78 is 2.09. The van der Waals surface area contributed by atoms with Crippen LogP contribution in [0.2, 0.25) is 0 Å². The minimum atomic E-state index is 0.597. The van der Waals surface area contributed by atoms with Crippen LogP contribution in [0.4, 0.5) is 5.95 Å². The second-order valence-corrected chi connectivity index (χ2v) is 4.80. The molecule has 0 amide bonds. The molecule has 3 heteroatoms. The average molecular weight is 251 g/mol. The van der Waals surface area contributed by atoms with Gasteiger partial charge in [0.25, 0.3) is 0 Å². The maximum absolute atomic E-state index is 6.04. The number of nitrogens with two attached hydrogens (primary N) is 1. The number of rotatable bonds is 3. The third-order valence-corrected chi connectivity index (χ3v) is 3.48. The Morgan fingerprint density at radius 3 is 2.63 bits per heavy atom. The number of aryl methyl sites for hydroxylation is 3. The van der Waals surface area contributed by atoms with Gasteiger partial charge in [0.1, 0.15) is 0 Å². The standard InChI is InChI=1S/C16H17N3/c1-12-6-5-9-14-15(12)18-16(17)19(14)11-10-13-7-3-2-4-8-13/h2-9H,10-11H2,1H3,(H2,17,18). The highest BCUT2D eigenvalue weighted by atomic mass is 15.1. The van der Waals surface area contributed by atoms with E-state index in [1.807, 2.05) is 6.07 Å². The lowest BCUT2D eigenvalue weighted by Crippen LogP contribution is -2.05. The van der Waals surface area contributed by atoms with E-state index in [-0.39, 0.29) is 0 Å². The highest BCUT2D eigenvalue weighted by Gasteiger charge is 2.09. The molecule has 1 aromatic heterocycles. The Kier molecular flexibility index (Phi) is 2.95. The summed E-state index contributed by atoms with van der Waals surface area (Å²) in [5.41, 5.74) is 10.6. The molecule has 3 rings (SSSR count). The van der Waals surface area contributed by atoms with Gasteiger partial charge in [-0.3, -0.25) is 0 Å². The SMILES string of the molecule is Cc1cccc2c1nc(N)n2CCc1ccccc1. The fraction of sp³-hybridized carbons (Fsp3) is 0.188. The van der Waals surface area contributed by atoms with E-state index in [0.717, 1.165) is 24.0 Å². The van der Waals surface area contributed by atoms with E-state index < -0.39 is 0 Å². The molecule has 0 aliphatic carbocycles. The van der Waals surface area contributed by atoms with Gasteiger partial charge in [0.2, 0.25) is 5.95 Å². The summed E-state index contributed by atoms with van der Waals surface area (Å²) in [6.45, 7) is 2.92. The first kappa shape index (κ1) is 11.8. The van der Waals surface area contributed by atoms with Gasteiger partial charge in [0.05, 0.1) is 11.0 Å². The molecule has 0 aliphatic rings. The summed E-state index contributed by atoms with van der Waals surface area (Å²) in [4.78, 5) is 4.47. The van der Waals surface area contributed by atoms with Gasteiger partial charge in [-0.1, -0.05) is 42.5 Å². The zero-order chi connectivity index (χ0) is 13.2. The van der Waals surface area contributed by atoms with Crippen molar-refractivity contribution in [1.82, 2.24) is 9.55 Å². The van der Waals surface area contributed by atoms with Gasteiger partial charge in [0, 0.05) is 6.54 Å². The van der Waals surface area contributed by atoms with Crippen molar-refractivity contribution in [1.29, 1.82) is 0 Å². The Hall–Kier alpha value is -2.29. The van der Waals surface area contributed by atoms with Gasteiger partial charge in [-0.2, -0.15) is 0 Å². The Morgan fingerprint density at radius 2 is 1.84 bits per heavy atom. The number of hydrogen-bond donors (Lipinski definition) is 1. The maximum atomic E-state index is 6.04. The minimum Gasteiger partial charge on any atom is -0.369 e. The summed E-state index contributed by atoms with van der Waals surface area (Å²) in [6, 6.07) is 16.6. The van der Waals surface area contributed by atoms with Crippen LogP contribution in [0.15, 0.2) is 48.5 Å². The number of nitrogens with zero attached hydrogens (tertiary/aromatic N) is 2. The van der Waals surface area contributed by atoms with Crippen molar-refractivity contribution in [2.75, 3.05) is 5.73 Å². The topological polar surface area (TPSA) is 43.8 Å². The van der Waals surface area contributed by atoms with Crippen molar-refractivity contribution in [2.24, 2.45) is 0 Å². The molecule has 0 atom stereocenters. The number of imidazole rings is 1. The largest absolute Gasteiger partial charge is 0.369 e. The van der Waals surface area contributed by atoms with E-state index in [1.54, 1.807) is 0 Å². The number of anilines is 1. The van der Waals surface area contributed by atoms with Crippen LogP contribution in [0.3, 0.4) is 0 Å². The molecule has 0 unspecified atom stereocenters. The molecule has 2 N–H and O–H groups in total. The molecule has 3 aromatic rings. The van der Waals surface area contributed by atoms with E-state index in [9.17, 15) is 0 Å². The summed E-state index contributed by atoms with van der Waals surface area (Å²) in [5.74, 6) is 0.597. The monoisotopic (exact) mass is 251 g/mol. The van der Waals surface area contributed by atoms with Crippen molar-refractivity contribution in [2.45, 2.75) is 19.9 Å². The summed E-state index contributed by atoms with van der Waals surface area (Å²) in [7, 11) is 0. The molecule has 0 saturated carbocycles. The summed E-state index contributed by atoms with van der Waals surface area (Å²) in [5, 5.41) is 0. The highest BCUT2D eigenvalue weighted by Crippen LogP contribution is 2.21. The number of fused-ring (bicyclic) bond motifs is 1. The molecule has 0 spiro atoms. The van der Waals surface area contributed by atoms with E-state index in [4.69, 9.17) is 5.73 Å². The van der Waals surface area contributed by atoms with Crippen molar-refractivity contribution >= 4 is 17.0 Å². The van der Waals surface area contributed by atoms with Gasteiger partial charge in [-0.25, -0.2) is 4.98 Å². The fourth-order valence-corrected chi connectivity index (χ4v) is 2.43. The molecule has 96 valence electrons. The van der Waals surface area contributed by atoms with Crippen LogP contribution < -0.4 is 5.73 Å². The number of hydrogen-bond acceptors (Lipinski definition) is 2. The predicted molar refractivity (Wildman–Crippen MR) is 79.0 cm³/mol. The highest BCUT2D eigenvalue weighted by molar-refractivity contribution is 5.81. The minimum absolute atomic E-state index is 0.597. The molecular formula is C16H17N3. The van der Waals surface area contributed by atoms with E-state index in [1.165, 1.54) is 11.1 Å². The third kappa shape index (κ3) is 2.19. The lowest BCUT2D eigenvalue weighted by molar-refractivity contribution is 0.726. The molecule has 0 saturated heterocycles. The zero-order valence-electron chi connectivity index (χ0n) is 11.0. The van der Waals surface area contributed by atoms with Gasteiger partial charge >= 0.3 is 0 Å². The van der Waals surface area contributed by atoms with E-state index >= 15 is 0 Å². The first-order valence-corrected chi connectivity index (χ1v) is 6.51. The Morgan fingerprint density at radius 1 is 1.05 bits per heavy atom. The fourth-order valence-electron chi connectivity index (χ4n) is 2.43. The third-order valence-electron chi connectivity index (χ3n) is 3.48.